The van der Waals surface area contributed by atoms with Crippen LogP contribution < -0.4 is 10.1 Å². The van der Waals surface area contributed by atoms with E-state index in [0.717, 1.165) is 29.7 Å². The summed E-state index contributed by atoms with van der Waals surface area (Å²) in [6.45, 7) is 7.02. The molecule has 5 nitrogen and oxygen atoms in total. The van der Waals surface area contributed by atoms with Gasteiger partial charge in [-0.05, 0) is 49.9 Å². The Labute approximate surface area is 131 Å². The molecule has 1 aromatic carbocycles. The molecule has 0 atom stereocenters. The Balaban J connectivity index is 1.75. The Morgan fingerprint density at radius 2 is 1.77 bits per heavy atom. The quantitative estimate of drug-likeness (QED) is 0.923. The summed E-state index contributed by atoms with van der Waals surface area (Å²) in [5, 5.41) is 2.98. The van der Waals surface area contributed by atoms with Crippen LogP contribution in [0.2, 0.25) is 0 Å². The molecule has 0 bridgehead atoms. The fourth-order valence-electron chi connectivity index (χ4n) is 2.77. The van der Waals surface area contributed by atoms with E-state index in [4.69, 9.17) is 4.74 Å². The Kier molecular flexibility index (Phi) is 5.41. The van der Waals surface area contributed by atoms with Crippen LogP contribution in [0.15, 0.2) is 18.2 Å². The molecule has 120 valence electrons. The van der Waals surface area contributed by atoms with Gasteiger partial charge in [-0.1, -0.05) is 6.07 Å². The van der Waals surface area contributed by atoms with Gasteiger partial charge in [0.05, 0.1) is 0 Å². The Bertz CT molecular complexity index is 529. The number of nitrogens with one attached hydrogen (secondary N) is 1. The summed E-state index contributed by atoms with van der Waals surface area (Å²) < 4.78 is 5.55. The Morgan fingerprint density at radius 3 is 2.32 bits per heavy atom. The van der Waals surface area contributed by atoms with E-state index in [1.165, 1.54) is 0 Å². The second kappa shape index (κ2) is 7.29. The van der Waals surface area contributed by atoms with E-state index in [0.29, 0.717) is 13.1 Å². The molecule has 2 rings (SSSR count). The van der Waals surface area contributed by atoms with Gasteiger partial charge in [0.15, 0.2) is 6.61 Å². The smallest absolute Gasteiger partial charge is 0.258 e. The summed E-state index contributed by atoms with van der Waals surface area (Å²) in [5.74, 6) is 0.711. The minimum absolute atomic E-state index is 0.0236. The predicted molar refractivity (Wildman–Crippen MR) is 84.8 cm³/mol. The fourth-order valence-corrected chi connectivity index (χ4v) is 2.77. The molecule has 1 aliphatic rings. The number of hydrogen-bond acceptors (Lipinski definition) is 3. The second-order valence-electron chi connectivity index (χ2n) is 5.96. The molecule has 0 unspecified atom stereocenters. The van der Waals surface area contributed by atoms with Crippen LogP contribution in [0, 0.1) is 13.8 Å². The highest BCUT2D eigenvalue weighted by Crippen LogP contribution is 2.16. The minimum atomic E-state index is -0.111. The van der Waals surface area contributed by atoms with Gasteiger partial charge >= 0.3 is 0 Å². The van der Waals surface area contributed by atoms with Crippen molar-refractivity contribution in [1.82, 2.24) is 10.2 Å². The van der Waals surface area contributed by atoms with Crippen LogP contribution in [0.4, 0.5) is 0 Å². The monoisotopic (exact) mass is 304 g/mol. The fraction of sp³-hybridized carbons (Fsp3) is 0.529. The molecule has 1 N–H and O–H groups in total. The largest absolute Gasteiger partial charge is 0.484 e. The van der Waals surface area contributed by atoms with E-state index in [-0.39, 0.29) is 24.5 Å². The first kappa shape index (κ1) is 16.3. The van der Waals surface area contributed by atoms with E-state index in [9.17, 15) is 9.59 Å². The molecule has 22 heavy (non-hydrogen) atoms. The van der Waals surface area contributed by atoms with Crippen molar-refractivity contribution in [3.63, 3.8) is 0 Å². The summed E-state index contributed by atoms with van der Waals surface area (Å²) >= 11 is 0. The SMILES string of the molecule is CC(=O)N1CCC(NC(=O)COc2cc(C)cc(C)c2)CC1. The third-order valence-electron chi connectivity index (χ3n) is 3.87. The first-order valence-corrected chi connectivity index (χ1v) is 7.70. The average molecular weight is 304 g/mol. The van der Waals surface area contributed by atoms with Gasteiger partial charge in [-0.2, -0.15) is 0 Å². The van der Waals surface area contributed by atoms with Crippen molar-refractivity contribution in [2.75, 3.05) is 19.7 Å². The highest BCUT2D eigenvalue weighted by atomic mass is 16.5. The van der Waals surface area contributed by atoms with Crippen molar-refractivity contribution >= 4 is 11.8 Å². The number of aryl methyl sites for hydroxylation is 2. The van der Waals surface area contributed by atoms with E-state index < -0.39 is 0 Å². The van der Waals surface area contributed by atoms with Gasteiger partial charge < -0.3 is 15.0 Å². The van der Waals surface area contributed by atoms with Crippen molar-refractivity contribution in [2.24, 2.45) is 0 Å². The number of piperidine rings is 1. The molecule has 1 aromatic rings. The Morgan fingerprint density at radius 1 is 1.18 bits per heavy atom. The van der Waals surface area contributed by atoms with Gasteiger partial charge in [0.1, 0.15) is 5.75 Å². The Hall–Kier alpha value is -2.04. The van der Waals surface area contributed by atoms with Crippen LogP contribution in [0.1, 0.15) is 30.9 Å². The zero-order chi connectivity index (χ0) is 16.1. The lowest BCUT2D eigenvalue weighted by Crippen LogP contribution is -2.47. The molecule has 2 amide bonds. The van der Waals surface area contributed by atoms with Gasteiger partial charge in [0.25, 0.3) is 5.91 Å². The predicted octanol–water partition coefficient (Wildman–Crippen LogP) is 1.81. The van der Waals surface area contributed by atoms with Gasteiger partial charge in [-0.25, -0.2) is 0 Å². The van der Waals surface area contributed by atoms with E-state index in [2.05, 4.69) is 11.4 Å². The number of carbonyl (C=O) groups excluding carboxylic acids is 2. The van der Waals surface area contributed by atoms with Crippen LogP contribution in [0.5, 0.6) is 5.75 Å². The number of nitrogens with zero attached hydrogens (tertiary/aromatic N) is 1. The van der Waals surface area contributed by atoms with Gasteiger partial charge in [0.2, 0.25) is 5.91 Å². The molecule has 1 heterocycles. The highest BCUT2D eigenvalue weighted by Gasteiger charge is 2.21. The summed E-state index contributed by atoms with van der Waals surface area (Å²) in [5.41, 5.74) is 2.24. The molecule has 1 saturated heterocycles. The third-order valence-corrected chi connectivity index (χ3v) is 3.87. The standard InChI is InChI=1S/C17H24N2O3/c1-12-8-13(2)10-16(9-12)22-11-17(21)18-15-4-6-19(7-5-15)14(3)20/h8-10,15H,4-7,11H2,1-3H3,(H,18,21). The third kappa shape index (κ3) is 4.76. The topological polar surface area (TPSA) is 58.6 Å². The van der Waals surface area contributed by atoms with Crippen LogP contribution >= 0.6 is 0 Å². The molecule has 0 saturated carbocycles. The molecule has 0 spiro atoms. The lowest BCUT2D eigenvalue weighted by Gasteiger charge is -2.31. The number of benzene rings is 1. The first-order valence-electron chi connectivity index (χ1n) is 7.70. The van der Waals surface area contributed by atoms with Crippen molar-refractivity contribution in [1.29, 1.82) is 0 Å². The zero-order valence-corrected chi connectivity index (χ0v) is 13.5. The number of ether oxygens (including phenoxy) is 1. The lowest BCUT2D eigenvalue weighted by atomic mass is 10.1. The molecule has 5 heteroatoms. The minimum Gasteiger partial charge on any atom is -0.484 e. The van der Waals surface area contributed by atoms with Gasteiger partial charge in [0, 0.05) is 26.1 Å². The van der Waals surface area contributed by atoms with Crippen molar-refractivity contribution < 1.29 is 14.3 Å². The molecule has 0 radical (unpaired) electrons. The van der Waals surface area contributed by atoms with Crippen LogP contribution in [-0.2, 0) is 9.59 Å². The molecular weight excluding hydrogens is 280 g/mol. The van der Waals surface area contributed by atoms with Gasteiger partial charge in [-0.15, -0.1) is 0 Å². The van der Waals surface area contributed by atoms with Gasteiger partial charge in [-0.3, -0.25) is 9.59 Å². The molecule has 1 aliphatic heterocycles. The van der Waals surface area contributed by atoms with Crippen LogP contribution in [-0.4, -0.2) is 42.5 Å². The summed E-state index contributed by atoms with van der Waals surface area (Å²) in [6, 6.07) is 6.04. The number of amides is 2. The first-order chi connectivity index (χ1) is 10.4. The zero-order valence-electron chi connectivity index (χ0n) is 13.5. The van der Waals surface area contributed by atoms with Crippen molar-refractivity contribution in [2.45, 2.75) is 39.7 Å². The van der Waals surface area contributed by atoms with Crippen molar-refractivity contribution in [3.8, 4) is 5.75 Å². The van der Waals surface area contributed by atoms with E-state index in [1.807, 2.05) is 30.9 Å². The maximum atomic E-state index is 12.0. The molecule has 0 aromatic heterocycles. The molecule has 1 fully saturated rings. The number of likely N-dealkylation sites (tertiary alicyclic amines) is 1. The number of carbonyl (C=O) groups is 2. The highest BCUT2D eigenvalue weighted by molar-refractivity contribution is 5.78. The van der Waals surface area contributed by atoms with Crippen LogP contribution in [0.25, 0.3) is 0 Å². The average Bonchev–Trinajstić information content (AvgIpc) is 2.45. The maximum Gasteiger partial charge on any atom is 0.258 e. The summed E-state index contributed by atoms with van der Waals surface area (Å²) in [6.07, 6.45) is 1.60. The lowest BCUT2D eigenvalue weighted by molar-refractivity contribution is -0.130. The van der Waals surface area contributed by atoms with E-state index >= 15 is 0 Å². The maximum absolute atomic E-state index is 12.0. The summed E-state index contributed by atoms with van der Waals surface area (Å²) in [4.78, 5) is 25.0. The number of hydrogen-bond donors (Lipinski definition) is 1. The second-order valence-corrected chi connectivity index (χ2v) is 5.96. The summed E-state index contributed by atoms with van der Waals surface area (Å²) in [7, 11) is 0. The number of rotatable bonds is 4. The van der Waals surface area contributed by atoms with Crippen LogP contribution in [0.3, 0.4) is 0 Å². The normalized spacial score (nSPS) is 15.5. The molecular formula is C17H24N2O3. The molecule has 0 aliphatic carbocycles. The van der Waals surface area contributed by atoms with E-state index in [1.54, 1.807) is 6.92 Å². The van der Waals surface area contributed by atoms with Crippen molar-refractivity contribution in [3.05, 3.63) is 29.3 Å².